The zero-order chi connectivity index (χ0) is 14.8. The summed E-state index contributed by atoms with van der Waals surface area (Å²) in [6.45, 7) is 6.62. The minimum Gasteiger partial charge on any atom is -0.326 e. The largest absolute Gasteiger partial charge is 0.326 e. The van der Waals surface area contributed by atoms with Gasteiger partial charge in [0.2, 0.25) is 5.91 Å². The second-order valence-corrected chi connectivity index (χ2v) is 7.75. The van der Waals surface area contributed by atoms with Gasteiger partial charge in [0.25, 0.3) is 0 Å². The molecule has 3 fully saturated rings. The highest BCUT2D eigenvalue weighted by Crippen LogP contribution is 2.79. The molecule has 3 aliphatic rings. The Kier molecular flexibility index (Phi) is 2.85. The molecule has 20 heavy (non-hydrogen) atoms. The van der Waals surface area contributed by atoms with E-state index in [0.29, 0.717) is 5.69 Å². The maximum atomic E-state index is 12.9. The SMILES string of the molecule is CC12CCC(C(=O)Nc3ccc(F)cc3)(C1Br)C2(C)C. The van der Waals surface area contributed by atoms with Crippen LogP contribution in [-0.4, -0.2) is 10.7 Å². The molecule has 1 aromatic carbocycles. The number of fused-ring (bicyclic) bond motifs is 1. The van der Waals surface area contributed by atoms with Gasteiger partial charge >= 0.3 is 0 Å². The Morgan fingerprint density at radius 3 is 2.30 bits per heavy atom. The monoisotopic (exact) mass is 339 g/mol. The Morgan fingerprint density at radius 1 is 1.25 bits per heavy atom. The second kappa shape index (κ2) is 4.06. The molecule has 3 aliphatic carbocycles. The van der Waals surface area contributed by atoms with Gasteiger partial charge in [0.15, 0.2) is 0 Å². The van der Waals surface area contributed by atoms with E-state index in [2.05, 4.69) is 42.0 Å². The van der Waals surface area contributed by atoms with Crippen LogP contribution in [0.2, 0.25) is 0 Å². The van der Waals surface area contributed by atoms with Crippen molar-refractivity contribution >= 4 is 27.5 Å². The smallest absolute Gasteiger partial charge is 0.232 e. The summed E-state index contributed by atoms with van der Waals surface area (Å²) in [5, 5.41) is 2.96. The number of carbonyl (C=O) groups is 1. The lowest BCUT2D eigenvalue weighted by Gasteiger charge is -2.64. The first-order chi connectivity index (χ1) is 9.25. The van der Waals surface area contributed by atoms with Crippen LogP contribution in [0.25, 0.3) is 0 Å². The maximum Gasteiger partial charge on any atom is 0.232 e. The molecule has 0 aromatic heterocycles. The minimum atomic E-state index is -0.365. The Labute approximate surface area is 127 Å². The molecule has 0 heterocycles. The Bertz CT molecular complexity index is 570. The first-order valence-electron chi connectivity index (χ1n) is 6.97. The maximum absolute atomic E-state index is 12.9. The lowest BCUT2D eigenvalue weighted by Crippen LogP contribution is -2.68. The minimum absolute atomic E-state index is 0.0295. The molecule has 108 valence electrons. The van der Waals surface area contributed by atoms with Crippen LogP contribution >= 0.6 is 15.9 Å². The summed E-state index contributed by atoms with van der Waals surface area (Å²) in [6, 6.07) is 5.94. The molecule has 4 rings (SSSR count). The van der Waals surface area contributed by atoms with Crippen molar-refractivity contribution in [2.75, 3.05) is 5.32 Å². The van der Waals surface area contributed by atoms with Crippen molar-refractivity contribution in [2.24, 2.45) is 16.2 Å². The quantitative estimate of drug-likeness (QED) is 0.797. The summed E-state index contributed by atoms with van der Waals surface area (Å²) in [7, 11) is 0. The first-order valence-corrected chi connectivity index (χ1v) is 7.88. The molecule has 2 bridgehead atoms. The highest BCUT2D eigenvalue weighted by molar-refractivity contribution is 9.09. The molecule has 3 unspecified atom stereocenters. The summed E-state index contributed by atoms with van der Waals surface area (Å²) in [5.74, 6) is -0.247. The topological polar surface area (TPSA) is 29.1 Å². The lowest BCUT2D eigenvalue weighted by molar-refractivity contribution is -0.155. The second-order valence-electron chi connectivity index (χ2n) is 6.84. The molecule has 1 amide bonds. The van der Waals surface area contributed by atoms with Gasteiger partial charge in [0, 0.05) is 10.5 Å². The highest BCUT2D eigenvalue weighted by Gasteiger charge is 2.80. The molecule has 3 saturated carbocycles. The lowest BCUT2D eigenvalue weighted by atomic mass is 9.43. The zero-order valence-electron chi connectivity index (χ0n) is 12.0. The Balaban J connectivity index is 1.86. The van der Waals surface area contributed by atoms with Crippen molar-refractivity contribution in [1.29, 1.82) is 0 Å². The van der Waals surface area contributed by atoms with Crippen molar-refractivity contribution in [1.82, 2.24) is 0 Å². The van der Waals surface area contributed by atoms with E-state index in [0.717, 1.165) is 12.8 Å². The van der Waals surface area contributed by atoms with Gasteiger partial charge in [-0.15, -0.1) is 0 Å². The third-order valence-corrected chi connectivity index (χ3v) is 7.87. The molecule has 3 atom stereocenters. The van der Waals surface area contributed by atoms with E-state index in [9.17, 15) is 9.18 Å². The molecule has 0 aliphatic heterocycles. The van der Waals surface area contributed by atoms with E-state index in [4.69, 9.17) is 0 Å². The standard InChI is InChI=1S/C16H19BrFNO/c1-14(2)15(3)8-9-16(14,12(15)17)13(20)19-11-6-4-10(18)5-7-11/h4-7,12H,8-9H2,1-3H3,(H,19,20). The van der Waals surface area contributed by atoms with Crippen LogP contribution in [0.4, 0.5) is 10.1 Å². The third-order valence-electron chi connectivity index (χ3n) is 6.08. The number of rotatable bonds is 2. The van der Waals surface area contributed by atoms with Crippen LogP contribution in [0.3, 0.4) is 0 Å². The van der Waals surface area contributed by atoms with Gasteiger partial charge in [-0.25, -0.2) is 4.39 Å². The van der Waals surface area contributed by atoms with Gasteiger partial charge < -0.3 is 5.32 Å². The van der Waals surface area contributed by atoms with Gasteiger partial charge in [0.05, 0.1) is 5.41 Å². The normalized spacial score (nSPS) is 37.4. The third kappa shape index (κ3) is 1.41. The average molecular weight is 340 g/mol. The molecule has 0 radical (unpaired) electrons. The number of amides is 1. The van der Waals surface area contributed by atoms with Crippen LogP contribution in [0.1, 0.15) is 33.6 Å². The number of nitrogens with one attached hydrogen (secondary N) is 1. The predicted molar refractivity (Wildman–Crippen MR) is 81.3 cm³/mol. The van der Waals surface area contributed by atoms with Crippen LogP contribution in [0, 0.1) is 22.1 Å². The summed E-state index contributed by atoms with van der Waals surface area (Å²) < 4.78 is 12.9. The van der Waals surface area contributed by atoms with Crippen molar-refractivity contribution in [3.63, 3.8) is 0 Å². The summed E-state index contributed by atoms with van der Waals surface area (Å²) >= 11 is 3.75. The molecule has 1 N–H and O–H groups in total. The first kappa shape index (κ1) is 14.1. The van der Waals surface area contributed by atoms with E-state index in [1.54, 1.807) is 12.1 Å². The van der Waals surface area contributed by atoms with Crippen LogP contribution < -0.4 is 5.32 Å². The van der Waals surface area contributed by atoms with Gasteiger partial charge in [-0.05, 0) is 47.9 Å². The van der Waals surface area contributed by atoms with Crippen LogP contribution in [0.15, 0.2) is 24.3 Å². The zero-order valence-corrected chi connectivity index (χ0v) is 13.6. The number of hydrogen-bond donors (Lipinski definition) is 1. The predicted octanol–water partition coefficient (Wildman–Crippen LogP) is 4.35. The van der Waals surface area contributed by atoms with E-state index in [1.807, 2.05) is 0 Å². The molecule has 2 nitrogen and oxygen atoms in total. The number of hydrogen-bond acceptors (Lipinski definition) is 1. The number of anilines is 1. The Hall–Kier alpha value is -0.900. The van der Waals surface area contributed by atoms with Crippen molar-refractivity contribution in [3.05, 3.63) is 30.1 Å². The van der Waals surface area contributed by atoms with Gasteiger partial charge in [0.1, 0.15) is 5.82 Å². The summed E-state index contributed by atoms with van der Waals surface area (Å²) in [6.07, 6.45) is 1.96. The fourth-order valence-corrected chi connectivity index (χ4v) is 6.04. The van der Waals surface area contributed by atoms with Gasteiger partial charge in [-0.3, -0.25) is 4.79 Å². The van der Waals surface area contributed by atoms with E-state index in [-0.39, 0.29) is 32.8 Å². The van der Waals surface area contributed by atoms with Gasteiger partial charge in [-0.2, -0.15) is 0 Å². The molecular formula is C16H19BrFNO. The van der Waals surface area contributed by atoms with E-state index >= 15 is 0 Å². The number of alkyl halides is 1. The fourth-order valence-electron chi connectivity index (χ4n) is 4.23. The number of halogens is 2. The van der Waals surface area contributed by atoms with Gasteiger partial charge in [-0.1, -0.05) is 36.7 Å². The molecular weight excluding hydrogens is 321 g/mol. The van der Waals surface area contributed by atoms with Crippen molar-refractivity contribution < 1.29 is 9.18 Å². The molecule has 0 saturated heterocycles. The number of carbonyl (C=O) groups excluding carboxylic acids is 1. The Morgan fingerprint density at radius 2 is 1.85 bits per heavy atom. The van der Waals surface area contributed by atoms with Crippen LogP contribution in [0.5, 0.6) is 0 Å². The average Bonchev–Trinajstić information content (AvgIpc) is 2.80. The number of benzene rings is 1. The molecule has 1 aromatic rings. The van der Waals surface area contributed by atoms with Crippen molar-refractivity contribution in [3.8, 4) is 0 Å². The summed E-state index contributed by atoms with van der Waals surface area (Å²) in [4.78, 5) is 13.0. The fraction of sp³-hybridized carbons (Fsp3) is 0.562. The van der Waals surface area contributed by atoms with E-state index < -0.39 is 0 Å². The molecule has 0 spiro atoms. The van der Waals surface area contributed by atoms with Crippen LogP contribution in [-0.2, 0) is 4.79 Å². The van der Waals surface area contributed by atoms with E-state index in [1.165, 1.54) is 12.1 Å². The highest BCUT2D eigenvalue weighted by atomic mass is 79.9. The molecule has 4 heteroatoms. The summed E-state index contributed by atoms with van der Waals surface area (Å²) in [5.41, 5.74) is 0.434. The van der Waals surface area contributed by atoms with Crippen molar-refractivity contribution in [2.45, 2.75) is 38.4 Å².